The standard InChI is InChI=1S/C13H19N4O7PS/c1-21-5-7-9(24-25(20,26)22-2)8(18)12(23-7)17-4-3-6-10(17)15-13(14)16-11(6)19/h3-4,7-9,12,18H,5H2,1-2H3,(H,20,26)(H3,14,15,16,19)/t7-,8+,9?,12-,25?/m1/s1. The van der Waals surface area contributed by atoms with Gasteiger partial charge in [0.2, 0.25) is 5.95 Å². The molecule has 3 rings (SSSR count). The predicted molar refractivity (Wildman–Crippen MR) is 94.9 cm³/mol. The summed E-state index contributed by atoms with van der Waals surface area (Å²) in [7, 11) is 2.67. The second-order valence-electron chi connectivity index (χ2n) is 5.64. The maximum absolute atomic E-state index is 12.0. The molecule has 3 heterocycles. The van der Waals surface area contributed by atoms with E-state index in [2.05, 4.69) is 9.97 Å². The third-order valence-corrected chi connectivity index (χ3v) is 5.68. The summed E-state index contributed by atoms with van der Waals surface area (Å²) in [6.45, 7) is -3.47. The lowest BCUT2D eigenvalue weighted by Crippen LogP contribution is -2.35. The number of aromatic amines is 1. The van der Waals surface area contributed by atoms with Crippen LogP contribution in [0.15, 0.2) is 17.1 Å². The molecule has 2 aromatic rings. The van der Waals surface area contributed by atoms with Crippen molar-refractivity contribution >= 4 is 35.5 Å². The lowest BCUT2D eigenvalue weighted by atomic mass is 10.1. The van der Waals surface area contributed by atoms with Gasteiger partial charge in [-0.05, 0) is 17.9 Å². The summed E-state index contributed by atoms with van der Waals surface area (Å²) < 4.78 is 22.5. The number of nitrogen functional groups attached to an aromatic ring is 1. The number of rotatable bonds is 6. The molecule has 0 saturated carbocycles. The number of anilines is 1. The molecule has 26 heavy (non-hydrogen) atoms. The number of aromatic nitrogens is 3. The zero-order valence-corrected chi connectivity index (χ0v) is 15.6. The molecule has 2 aromatic heterocycles. The maximum Gasteiger partial charge on any atom is 0.324 e. The molecule has 1 saturated heterocycles. The van der Waals surface area contributed by atoms with Gasteiger partial charge in [-0.25, -0.2) is 0 Å². The van der Waals surface area contributed by atoms with Crippen LogP contribution in [0.1, 0.15) is 6.23 Å². The second-order valence-corrected chi connectivity index (χ2v) is 8.54. The number of nitrogens with two attached hydrogens (primary N) is 1. The van der Waals surface area contributed by atoms with Gasteiger partial charge in [0.15, 0.2) is 11.9 Å². The van der Waals surface area contributed by atoms with E-state index in [9.17, 15) is 14.8 Å². The van der Waals surface area contributed by atoms with Crippen LogP contribution in [0.25, 0.3) is 11.0 Å². The van der Waals surface area contributed by atoms with Crippen molar-refractivity contribution in [2.45, 2.75) is 24.5 Å². The van der Waals surface area contributed by atoms with Crippen LogP contribution in [0.2, 0.25) is 0 Å². The van der Waals surface area contributed by atoms with Crippen molar-refractivity contribution in [3.05, 3.63) is 22.6 Å². The molecule has 0 aromatic carbocycles. The van der Waals surface area contributed by atoms with Gasteiger partial charge in [0.1, 0.15) is 18.3 Å². The zero-order valence-electron chi connectivity index (χ0n) is 13.9. The van der Waals surface area contributed by atoms with E-state index >= 15 is 0 Å². The minimum absolute atomic E-state index is 0.0681. The SMILES string of the molecule is COC[C@H]1O[C@@H](n2ccc3c(=O)[nH]c(N)nc32)[C@@H](O)C1OP(O)(=S)OC. The van der Waals surface area contributed by atoms with Crippen molar-refractivity contribution in [3.8, 4) is 0 Å². The van der Waals surface area contributed by atoms with Crippen molar-refractivity contribution in [2.24, 2.45) is 0 Å². The van der Waals surface area contributed by atoms with Crippen LogP contribution in [0, 0.1) is 0 Å². The molecule has 5 N–H and O–H groups in total. The number of nitrogens with one attached hydrogen (secondary N) is 1. The Morgan fingerprint density at radius 2 is 2.27 bits per heavy atom. The molecule has 1 fully saturated rings. The van der Waals surface area contributed by atoms with E-state index in [1.165, 1.54) is 31.0 Å². The van der Waals surface area contributed by atoms with Gasteiger partial charge in [0.05, 0.1) is 12.0 Å². The maximum atomic E-state index is 12.0. The number of nitrogens with zero attached hydrogens (tertiary/aromatic N) is 2. The van der Waals surface area contributed by atoms with Gasteiger partial charge >= 0.3 is 6.72 Å². The summed E-state index contributed by atoms with van der Waals surface area (Å²) in [5, 5.41) is 11.0. The van der Waals surface area contributed by atoms with E-state index in [0.29, 0.717) is 0 Å². The highest BCUT2D eigenvalue weighted by molar-refractivity contribution is 8.07. The number of aliphatic hydroxyl groups excluding tert-OH is 1. The molecular formula is C13H19N4O7PS. The van der Waals surface area contributed by atoms with Crippen molar-refractivity contribution in [1.29, 1.82) is 0 Å². The quantitative estimate of drug-likeness (QED) is 0.460. The first kappa shape index (κ1) is 19.4. The first-order valence-electron chi connectivity index (χ1n) is 7.53. The summed E-state index contributed by atoms with van der Waals surface area (Å²) in [5.41, 5.74) is 5.43. The minimum atomic E-state index is -3.55. The van der Waals surface area contributed by atoms with Crippen LogP contribution in [-0.2, 0) is 30.3 Å². The molecule has 1 aliphatic heterocycles. The molecule has 0 aliphatic carbocycles. The Morgan fingerprint density at radius 3 is 2.92 bits per heavy atom. The second kappa shape index (κ2) is 7.33. The molecule has 0 amide bonds. The molecule has 13 heteroatoms. The molecule has 1 aliphatic rings. The summed E-state index contributed by atoms with van der Waals surface area (Å²) in [6, 6.07) is 1.53. The van der Waals surface area contributed by atoms with Crippen LogP contribution >= 0.6 is 6.72 Å². The van der Waals surface area contributed by atoms with Gasteiger partial charge in [-0.1, -0.05) is 0 Å². The largest absolute Gasteiger partial charge is 0.386 e. The fourth-order valence-corrected chi connectivity index (χ4v) is 3.79. The van der Waals surface area contributed by atoms with Crippen LogP contribution < -0.4 is 11.3 Å². The Kier molecular flexibility index (Phi) is 5.47. The van der Waals surface area contributed by atoms with Crippen LogP contribution in [0.4, 0.5) is 5.95 Å². The van der Waals surface area contributed by atoms with Gasteiger partial charge in [0.25, 0.3) is 5.56 Å². The summed E-state index contributed by atoms with van der Waals surface area (Å²) >= 11 is 4.85. The lowest BCUT2D eigenvalue weighted by molar-refractivity contribution is -0.0571. The number of hydrogen-bond donors (Lipinski definition) is 4. The number of methoxy groups -OCH3 is 1. The first-order chi connectivity index (χ1) is 12.3. The number of fused-ring (bicyclic) bond motifs is 1. The van der Waals surface area contributed by atoms with E-state index in [1.807, 2.05) is 0 Å². The first-order valence-corrected chi connectivity index (χ1v) is 10.1. The van der Waals surface area contributed by atoms with Gasteiger partial charge in [-0.2, -0.15) is 4.98 Å². The highest BCUT2D eigenvalue weighted by Crippen LogP contribution is 2.48. The Hall–Kier alpha value is -1.37. The van der Waals surface area contributed by atoms with Crippen molar-refractivity contribution in [2.75, 3.05) is 26.6 Å². The van der Waals surface area contributed by atoms with Crippen molar-refractivity contribution < 1.29 is 28.5 Å². The summed E-state index contributed by atoms with van der Waals surface area (Å²) in [6.07, 6.45) is -2.40. The average Bonchev–Trinajstić information content (AvgIpc) is 3.11. The monoisotopic (exact) mass is 406 g/mol. The minimum Gasteiger partial charge on any atom is -0.386 e. The van der Waals surface area contributed by atoms with Crippen LogP contribution in [0.3, 0.4) is 0 Å². The Labute approximate surface area is 152 Å². The Morgan fingerprint density at radius 1 is 1.54 bits per heavy atom. The van der Waals surface area contributed by atoms with Gasteiger partial charge < -0.3 is 34.3 Å². The number of H-pyrrole nitrogens is 1. The molecule has 0 radical (unpaired) electrons. The molecule has 0 bridgehead atoms. The van der Waals surface area contributed by atoms with E-state index in [-0.39, 0.29) is 23.6 Å². The molecule has 0 spiro atoms. The van der Waals surface area contributed by atoms with Gasteiger partial charge in [-0.15, -0.1) is 0 Å². The predicted octanol–water partition coefficient (Wildman–Crippen LogP) is -0.540. The smallest absolute Gasteiger partial charge is 0.324 e. The topological polar surface area (TPSA) is 154 Å². The third-order valence-electron chi connectivity index (χ3n) is 4.00. The van der Waals surface area contributed by atoms with Crippen LogP contribution in [0.5, 0.6) is 0 Å². The number of hydrogen-bond acceptors (Lipinski definition) is 9. The van der Waals surface area contributed by atoms with E-state index in [4.69, 9.17) is 36.1 Å². The van der Waals surface area contributed by atoms with Crippen LogP contribution in [-0.4, -0.2) is 63.7 Å². The van der Waals surface area contributed by atoms with Crippen molar-refractivity contribution in [3.63, 3.8) is 0 Å². The normalized spacial score (nSPS) is 28.5. The highest BCUT2D eigenvalue weighted by atomic mass is 32.5. The highest BCUT2D eigenvalue weighted by Gasteiger charge is 2.48. The molecule has 2 unspecified atom stereocenters. The zero-order chi connectivity index (χ0) is 19.1. The third kappa shape index (κ3) is 3.55. The summed E-state index contributed by atoms with van der Waals surface area (Å²) in [5.74, 6) is -0.0681. The number of ether oxygens (including phenoxy) is 2. The number of aliphatic hydroxyl groups is 1. The van der Waals surface area contributed by atoms with Gasteiger partial charge in [-0.3, -0.25) is 14.3 Å². The fraction of sp³-hybridized carbons (Fsp3) is 0.538. The molecule has 144 valence electrons. The molecule has 11 nitrogen and oxygen atoms in total. The molecule has 5 atom stereocenters. The van der Waals surface area contributed by atoms with E-state index in [0.717, 1.165) is 0 Å². The van der Waals surface area contributed by atoms with Gasteiger partial charge in [0, 0.05) is 20.4 Å². The average molecular weight is 406 g/mol. The Balaban J connectivity index is 1.98. The van der Waals surface area contributed by atoms with Crippen molar-refractivity contribution in [1.82, 2.24) is 14.5 Å². The van der Waals surface area contributed by atoms with E-state index in [1.54, 1.807) is 0 Å². The summed E-state index contributed by atoms with van der Waals surface area (Å²) in [4.78, 5) is 28.4. The Bertz CT molecular complexity index is 902. The van der Waals surface area contributed by atoms with E-state index < -0.39 is 36.8 Å². The fourth-order valence-electron chi connectivity index (χ4n) is 2.84. The lowest BCUT2D eigenvalue weighted by Gasteiger charge is -2.24. The molecular weight excluding hydrogens is 387 g/mol.